The molecule has 0 aliphatic carbocycles. The average molecular weight is 276 g/mol. The number of rotatable bonds is 2. The van der Waals surface area contributed by atoms with E-state index in [1.807, 2.05) is 38.1 Å². The summed E-state index contributed by atoms with van der Waals surface area (Å²) >= 11 is 0. The second kappa shape index (κ2) is 5.94. The molecule has 2 amide bonds. The average Bonchev–Trinajstić information content (AvgIpc) is 2.41. The summed E-state index contributed by atoms with van der Waals surface area (Å²) in [4.78, 5) is 24.9. The molecule has 1 saturated heterocycles. The molecule has 5 heteroatoms. The Bertz CT molecular complexity index is 498. The number of carboxylic acid groups (broad SMARTS) is 1. The molecule has 2 N–H and O–H groups in total. The van der Waals surface area contributed by atoms with Crippen LogP contribution in [0.3, 0.4) is 0 Å². The van der Waals surface area contributed by atoms with E-state index in [-0.39, 0.29) is 18.0 Å². The molecule has 1 aliphatic rings. The molecule has 1 fully saturated rings. The van der Waals surface area contributed by atoms with Crippen LogP contribution < -0.4 is 5.32 Å². The number of aliphatic carboxylic acids is 1. The van der Waals surface area contributed by atoms with Crippen molar-refractivity contribution >= 4 is 17.7 Å². The maximum atomic E-state index is 12.2. The van der Waals surface area contributed by atoms with Crippen molar-refractivity contribution < 1.29 is 14.7 Å². The number of nitrogens with one attached hydrogen (secondary N) is 1. The van der Waals surface area contributed by atoms with E-state index in [4.69, 9.17) is 5.11 Å². The molecule has 5 nitrogen and oxygen atoms in total. The Morgan fingerprint density at radius 2 is 1.95 bits per heavy atom. The summed E-state index contributed by atoms with van der Waals surface area (Å²) in [7, 11) is 0. The first kappa shape index (κ1) is 14.4. The van der Waals surface area contributed by atoms with Crippen LogP contribution in [0, 0.1) is 12.8 Å². The lowest BCUT2D eigenvalue weighted by Gasteiger charge is -2.36. The molecule has 0 saturated carbocycles. The van der Waals surface area contributed by atoms with Gasteiger partial charge in [-0.05, 0) is 38.8 Å². The lowest BCUT2D eigenvalue weighted by Crippen LogP contribution is -2.47. The van der Waals surface area contributed by atoms with Gasteiger partial charge >= 0.3 is 12.0 Å². The molecular weight excluding hydrogens is 256 g/mol. The van der Waals surface area contributed by atoms with Gasteiger partial charge < -0.3 is 15.3 Å². The molecule has 108 valence electrons. The summed E-state index contributed by atoms with van der Waals surface area (Å²) in [5.41, 5.74) is 1.90. The third-order valence-corrected chi connectivity index (χ3v) is 3.79. The van der Waals surface area contributed by atoms with Gasteiger partial charge in [-0.1, -0.05) is 17.7 Å². The number of hydrogen-bond donors (Lipinski definition) is 2. The van der Waals surface area contributed by atoms with Crippen LogP contribution in [0.25, 0.3) is 0 Å². The smallest absolute Gasteiger partial charge is 0.322 e. The minimum absolute atomic E-state index is 0.0599. The Kier molecular flexibility index (Phi) is 4.27. The highest BCUT2D eigenvalue weighted by molar-refractivity contribution is 5.89. The van der Waals surface area contributed by atoms with E-state index in [0.717, 1.165) is 11.3 Å². The highest BCUT2D eigenvalue weighted by atomic mass is 16.4. The van der Waals surface area contributed by atoms with Crippen molar-refractivity contribution in [2.45, 2.75) is 32.7 Å². The maximum absolute atomic E-state index is 12.2. The van der Waals surface area contributed by atoms with E-state index in [0.29, 0.717) is 19.4 Å². The fourth-order valence-corrected chi connectivity index (χ4v) is 2.53. The van der Waals surface area contributed by atoms with E-state index in [1.54, 1.807) is 4.90 Å². The van der Waals surface area contributed by atoms with E-state index >= 15 is 0 Å². The van der Waals surface area contributed by atoms with Crippen molar-refractivity contribution in [1.82, 2.24) is 4.90 Å². The molecule has 2 unspecified atom stereocenters. The zero-order chi connectivity index (χ0) is 14.7. The number of nitrogens with zero attached hydrogens (tertiary/aromatic N) is 1. The summed E-state index contributed by atoms with van der Waals surface area (Å²) in [6, 6.07) is 7.38. The Morgan fingerprint density at radius 3 is 2.50 bits per heavy atom. The van der Waals surface area contributed by atoms with Gasteiger partial charge in [-0.2, -0.15) is 0 Å². The molecule has 1 aromatic carbocycles. The van der Waals surface area contributed by atoms with Gasteiger partial charge in [-0.3, -0.25) is 4.79 Å². The van der Waals surface area contributed by atoms with E-state index < -0.39 is 5.97 Å². The number of piperidine rings is 1. The van der Waals surface area contributed by atoms with Crippen LogP contribution >= 0.6 is 0 Å². The summed E-state index contributed by atoms with van der Waals surface area (Å²) in [6.07, 6.45) is 1.03. The second-order valence-corrected chi connectivity index (χ2v) is 5.40. The summed E-state index contributed by atoms with van der Waals surface area (Å²) in [6.45, 7) is 4.37. The highest BCUT2D eigenvalue weighted by Crippen LogP contribution is 2.23. The van der Waals surface area contributed by atoms with Crippen LogP contribution in [0.4, 0.5) is 10.5 Å². The number of amides is 2. The Hall–Kier alpha value is -2.04. The predicted octanol–water partition coefficient (Wildman–Crippen LogP) is 2.71. The molecule has 0 radical (unpaired) electrons. The molecule has 1 aliphatic heterocycles. The number of likely N-dealkylation sites (tertiary alicyclic amines) is 1. The Labute approximate surface area is 118 Å². The van der Waals surface area contributed by atoms with Gasteiger partial charge in [0.2, 0.25) is 0 Å². The van der Waals surface area contributed by atoms with Gasteiger partial charge in [0.05, 0.1) is 5.92 Å². The zero-order valence-corrected chi connectivity index (χ0v) is 11.8. The van der Waals surface area contributed by atoms with Gasteiger partial charge in [-0.15, -0.1) is 0 Å². The van der Waals surface area contributed by atoms with Crippen LogP contribution in [0.5, 0.6) is 0 Å². The number of hydrogen-bond acceptors (Lipinski definition) is 2. The second-order valence-electron chi connectivity index (χ2n) is 5.40. The fourth-order valence-electron chi connectivity index (χ4n) is 2.53. The van der Waals surface area contributed by atoms with Gasteiger partial charge in [0.25, 0.3) is 0 Å². The topological polar surface area (TPSA) is 69.6 Å². The fraction of sp³-hybridized carbons (Fsp3) is 0.467. The molecule has 20 heavy (non-hydrogen) atoms. The van der Waals surface area contributed by atoms with Crippen molar-refractivity contribution in [3.05, 3.63) is 29.8 Å². The zero-order valence-electron chi connectivity index (χ0n) is 11.8. The number of benzene rings is 1. The molecule has 1 heterocycles. The molecule has 0 bridgehead atoms. The first-order valence-electron chi connectivity index (χ1n) is 6.84. The molecular formula is C15H20N2O3. The van der Waals surface area contributed by atoms with E-state index in [9.17, 15) is 9.59 Å². The first-order valence-corrected chi connectivity index (χ1v) is 6.84. The number of carbonyl (C=O) groups is 2. The monoisotopic (exact) mass is 276 g/mol. The van der Waals surface area contributed by atoms with Gasteiger partial charge in [-0.25, -0.2) is 4.79 Å². The molecule has 1 aromatic rings. The quantitative estimate of drug-likeness (QED) is 0.872. The number of anilines is 1. The lowest BCUT2D eigenvalue weighted by atomic mass is 9.92. The summed E-state index contributed by atoms with van der Waals surface area (Å²) in [5, 5.41) is 11.9. The molecule has 2 rings (SSSR count). The standard InChI is InChI=1S/C15H20N2O3/c1-10-3-5-13(6-4-10)16-15(20)17-8-7-12(14(18)19)9-11(17)2/h3-6,11-12H,7-9H2,1-2H3,(H,16,20)(H,18,19). The van der Waals surface area contributed by atoms with Crippen LogP contribution in [0.1, 0.15) is 25.3 Å². The minimum Gasteiger partial charge on any atom is -0.481 e. The Balaban J connectivity index is 1.96. The third-order valence-electron chi connectivity index (χ3n) is 3.79. The minimum atomic E-state index is -0.768. The molecule has 0 aromatic heterocycles. The summed E-state index contributed by atoms with van der Waals surface area (Å²) < 4.78 is 0. The van der Waals surface area contributed by atoms with Crippen LogP contribution in [0.15, 0.2) is 24.3 Å². The molecule has 2 atom stereocenters. The first-order chi connectivity index (χ1) is 9.47. The highest BCUT2D eigenvalue weighted by Gasteiger charge is 2.32. The van der Waals surface area contributed by atoms with Crippen molar-refractivity contribution in [1.29, 1.82) is 0 Å². The van der Waals surface area contributed by atoms with E-state index in [2.05, 4.69) is 5.32 Å². The van der Waals surface area contributed by atoms with Gasteiger partial charge in [0, 0.05) is 18.3 Å². The van der Waals surface area contributed by atoms with Gasteiger partial charge in [0.1, 0.15) is 0 Å². The van der Waals surface area contributed by atoms with E-state index in [1.165, 1.54) is 0 Å². The van der Waals surface area contributed by atoms with Crippen molar-refractivity contribution in [3.8, 4) is 0 Å². The van der Waals surface area contributed by atoms with Crippen molar-refractivity contribution in [2.24, 2.45) is 5.92 Å². The lowest BCUT2D eigenvalue weighted by molar-refractivity contribution is -0.143. The van der Waals surface area contributed by atoms with Crippen LogP contribution in [0.2, 0.25) is 0 Å². The van der Waals surface area contributed by atoms with Gasteiger partial charge in [0.15, 0.2) is 0 Å². The summed E-state index contributed by atoms with van der Waals surface area (Å²) in [5.74, 6) is -1.11. The van der Waals surface area contributed by atoms with Crippen molar-refractivity contribution in [2.75, 3.05) is 11.9 Å². The number of aryl methyl sites for hydroxylation is 1. The normalized spacial score (nSPS) is 22.4. The SMILES string of the molecule is Cc1ccc(NC(=O)N2CCC(C(=O)O)CC2C)cc1. The van der Waals surface area contributed by atoms with Crippen LogP contribution in [-0.2, 0) is 4.79 Å². The number of urea groups is 1. The number of carboxylic acids is 1. The van der Waals surface area contributed by atoms with Crippen LogP contribution in [-0.4, -0.2) is 34.6 Å². The third kappa shape index (κ3) is 3.29. The predicted molar refractivity (Wildman–Crippen MR) is 76.7 cm³/mol. The Morgan fingerprint density at radius 1 is 1.30 bits per heavy atom. The number of carbonyl (C=O) groups excluding carboxylic acids is 1. The molecule has 0 spiro atoms. The van der Waals surface area contributed by atoms with Crippen molar-refractivity contribution in [3.63, 3.8) is 0 Å². The largest absolute Gasteiger partial charge is 0.481 e. The maximum Gasteiger partial charge on any atom is 0.322 e.